The van der Waals surface area contributed by atoms with Crippen LogP contribution in [0.4, 0.5) is 0 Å². The summed E-state index contributed by atoms with van der Waals surface area (Å²) in [6.07, 6.45) is 1.65. The SMILES string of the molecule is COc1cccc(CNC(C)C)c1OCc1nncn1C. The lowest BCUT2D eigenvalue weighted by molar-refractivity contribution is 0.269. The van der Waals surface area contributed by atoms with Crippen LogP contribution in [-0.4, -0.2) is 27.9 Å². The van der Waals surface area contributed by atoms with Crippen molar-refractivity contribution in [2.24, 2.45) is 7.05 Å². The lowest BCUT2D eigenvalue weighted by atomic mass is 10.1. The van der Waals surface area contributed by atoms with Gasteiger partial charge in [0, 0.05) is 25.2 Å². The van der Waals surface area contributed by atoms with Gasteiger partial charge in [0.2, 0.25) is 0 Å². The fraction of sp³-hybridized carbons (Fsp3) is 0.467. The van der Waals surface area contributed by atoms with Crippen LogP contribution in [-0.2, 0) is 20.2 Å². The van der Waals surface area contributed by atoms with Crippen molar-refractivity contribution in [2.45, 2.75) is 33.0 Å². The molecule has 0 saturated carbocycles. The molecule has 6 nitrogen and oxygen atoms in total. The molecule has 0 spiro atoms. The molecule has 1 aromatic heterocycles. The van der Waals surface area contributed by atoms with Crippen molar-refractivity contribution < 1.29 is 9.47 Å². The summed E-state index contributed by atoms with van der Waals surface area (Å²) in [4.78, 5) is 0. The standard InChI is InChI=1S/C15H22N4O2/c1-11(2)16-8-12-6-5-7-13(20-4)15(12)21-9-14-18-17-10-19(14)3/h5-7,10-11,16H,8-9H2,1-4H3. The molecule has 21 heavy (non-hydrogen) atoms. The van der Waals surface area contributed by atoms with E-state index in [9.17, 15) is 0 Å². The van der Waals surface area contributed by atoms with Crippen molar-refractivity contribution in [3.63, 3.8) is 0 Å². The Bertz CT molecular complexity index is 581. The van der Waals surface area contributed by atoms with E-state index in [-0.39, 0.29) is 0 Å². The van der Waals surface area contributed by atoms with Crippen molar-refractivity contribution in [3.05, 3.63) is 35.9 Å². The summed E-state index contributed by atoms with van der Waals surface area (Å²) in [6.45, 7) is 5.30. The smallest absolute Gasteiger partial charge is 0.170 e. The molecule has 0 fully saturated rings. The second kappa shape index (κ2) is 7.08. The van der Waals surface area contributed by atoms with Crippen LogP contribution in [0.25, 0.3) is 0 Å². The molecule has 2 rings (SSSR count). The summed E-state index contributed by atoms with van der Waals surface area (Å²) in [5, 5.41) is 11.3. The minimum absolute atomic E-state index is 0.353. The van der Waals surface area contributed by atoms with Crippen LogP contribution in [0.15, 0.2) is 24.5 Å². The van der Waals surface area contributed by atoms with E-state index in [2.05, 4.69) is 29.4 Å². The lowest BCUT2D eigenvalue weighted by Crippen LogP contribution is -2.22. The van der Waals surface area contributed by atoms with Gasteiger partial charge in [0.1, 0.15) is 12.9 Å². The Morgan fingerprint density at radius 3 is 2.76 bits per heavy atom. The van der Waals surface area contributed by atoms with E-state index >= 15 is 0 Å². The van der Waals surface area contributed by atoms with Gasteiger partial charge in [-0.3, -0.25) is 0 Å². The molecule has 1 heterocycles. The first-order chi connectivity index (χ1) is 10.1. The third kappa shape index (κ3) is 3.95. The number of rotatable bonds is 7. The van der Waals surface area contributed by atoms with E-state index in [0.29, 0.717) is 12.6 Å². The van der Waals surface area contributed by atoms with Gasteiger partial charge in [-0.2, -0.15) is 0 Å². The van der Waals surface area contributed by atoms with Crippen LogP contribution >= 0.6 is 0 Å². The number of hydrogen-bond acceptors (Lipinski definition) is 5. The largest absolute Gasteiger partial charge is 0.493 e. The summed E-state index contributed by atoms with van der Waals surface area (Å²) >= 11 is 0. The Kier molecular flexibility index (Phi) is 5.16. The topological polar surface area (TPSA) is 61.2 Å². The Morgan fingerprint density at radius 2 is 2.14 bits per heavy atom. The Labute approximate surface area is 125 Å². The number of aromatic nitrogens is 3. The number of methoxy groups -OCH3 is 1. The predicted molar refractivity (Wildman–Crippen MR) is 80.3 cm³/mol. The van der Waals surface area contributed by atoms with E-state index in [1.807, 2.05) is 29.8 Å². The third-order valence-electron chi connectivity index (χ3n) is 3.13. The van der Waals surface area contributed by atoms with Gasteiger partial charge in [-0.25, -0.2) is 0 Å². The second-order valence-electron chi connectivity index (χ2n) is 5.13. The van der Waals surface area contributed by atoms with Crippen molar-refractivity contribution in [2.75, 3.05) is 7.11 Å². The molecule has 6 heteroatoms. The molecule has 1 N–H and O–H groups in total. The van der Waals surface area contributed by atoms with Gasteiger partial charge in [-0.1, -0.05) is 26.0 Å². The van der Waals surface area contributed by atoms with Gasteiger partial charge < -0.3 is 19.4 Å². The molecule has 0 aliphatic heterocycles. The molecular weight excluding hydrogens is 268 g/mol. The first-order valence-electron chi connectivity index (χ1n) is 6.96. The number of aryl methyl sites for hydroxylation is 1. The molecule has 0 amide bonds. The zero-order valence-corrected chi connectivity index (χ0v) is 13.0. The zero-order chi connectivity index (χ0) is 15.2. The van der Waals surface area contributed by atoms with E-state index in [1.165, 1.54) is 0 Å². The monoisotopic (exact) mass is 290 g/mol. The fourth-order valence-electron chi connectivity index (χ4n) is 1.91. The quantitative estimate of drug-likeness (QED) is 0.844. The summed E-state index contributed by atoms with van der Waals surface area (Å²) in [5.74, 6) is 2.24. The summed E-state index contributed by atoms with van der Waals surface area (Å²) in [5.41, 5.74) is 1.06. The number of nitrogens with one attached hydrogen (secondary N) is 1. The highest BCUT2D eigenvalue weighted by molar-refractivity contribution is 5.46. The van der Waals surface area contributed by atoms with Crippen molar-refractivity contribution in [3.8, 4) is 11.5 Å². The maximum Gasteiger partial charge on any atom is 0.170 e. The lowest BCUT2D eigenvalue weighted by Gasteiger charge is -2.16. The van der Waals surface area contributed by atoms with Gasteiger partial charge in [-0.05, 0) is 6.07 Å². The van der Waals surface area contributed by atoms with Crippen LogP contribution < -0.4 is 14.8 Å². The molecule has 0 radical (unpaired) electrons. The summed E-state index contributed by atoms with van der Waals surface area (Å²) in [7, 11) is 3.53. The molecule has 114 valence electrons. The first-order valence-corrected chi connectivity index (χ1v) is 6.96. The van der Waals surface area contributed by atoms with Crippen LogP contribution in [0.5, 0.6) is 11.5 Å². The Morgan fingerprint density at radius 1 is 1.33 bits per heavy atom. The molecule has 0 saturated heterocycles. The molecule has 0 aliphatic rings. The van der Waals surface area contributed by atoms with E-state index in [4.69, 9.17) is 9.47 Å². The number of hydrogen-bond donors (Lipinski definition) is 1. The number of nitrogens with zero attached hydrogens (tertiary/aromatic N) is 3. The average molecular weight is 290 g/mol. The van der Waals surface area contributed by atoms with Crippen LogP contribution in [0.2, 0.25) is 0 Å². The van der Waals surface area contributed by atoms with Crippen LogP contribution in [0, 0.1) is 0 Å². The molecule has 0 bridgehead atoms. The number of ether oxygens (including phenoxy) is 2. The highest BCUT2D eigenvalue weighted by Crippen LogP contribution is 2.31. The minimum atomic E-state index is 0.353. The highest BCUT2D eigenvalue weighted by Gasteiger charge is 2.12. The zero-order valence-electron chi connectivity index (χ0n) is 13.0. The average Bonchev–Trinajstić information content (AvgIpc) is 2.88. The highest BCUT2D eigenvalue weighted by atomic mass is 16.5. The first kappa shape index (κ1) is 15.3. The van der Waals surface area contributed by atoms with Gasteiger partial charge in [0.25, 0.3) is 0 Å². The molecule has 0 unspecified atom stereocenters. The summed E-state index contributed by atoms with van der Waals surface area (Å²) < 4.78 is 13.2. The molecule has 2 aromatic rings. The molecule has 0 aliphatic carbocycles. The maximum atomic E-state index is 5.93. The Balaban J connectivity index is 2.16. The van der Waals surface area contributed by atoms with Gasteiger partial charge >= 0.3 is 0 Å². The van der Waals surface area contributed by atoms with Gasteiger partial charge in [0.15, 0.2) is 17.3 Å². The van der Waals surface area contributed by atoms with Gasteiger partial charge in [-0.15, -0.1) is 10.2 Å². The van der Waals surface area contributed by atoms with Crippen LogP contribution in [0.3, 0.4) is 0 Å². The number of para-hydroxylation sites is 1. The summed E-state index contributed by atoms with van der Waals surface area (Å²) in [6, 6.07) is 6.29. The van der Waals surface area contributed by atoms with E-state index < -0.39 is 0 Å². The second-order valence-corrected chi connectivity index (χ2v) is 5.13. The predicted octanol–water partition coefficient (Wildman–Crippen LogP) is 1.90. The fourth-order valence-corrected chi connectivity index (χ4v) is 1.91. The normalized spacial score (nSPS) is 10.9. The maximum absolute atomic E-state index is 5.93. The number of benzene rings is 1. The van der Waals surface area contributed by atoms with Crippen molar-refractivity contribution >= 4 is 0 Å². The van der Waals surface area contributed by atoms with Crippen LogP contribution in [0.1, 0.15) is 25.2 Å². The molecular formula is C15H22N4O2. The third-order valence-corrected chi connectivity index (χ3v) is 3.13. The Hall–Kier alpha value is -2.08. The molecule has 0 atom stereocenters. The van der Waals surface area contributed by atoms with E-state index in [1.54, 1.807) is 13.4 Å². The van der Waals surface area contributed by atoms with E-state index in [0.717, 1.165) is 29.4 Å². The molecule has 1 aromatic carbocycles. The minimum Gasteiger partial charge on any atom is -0.493 e. The van der Waals surface area contributed by atoms with Crippen molar-refractivity contribution in [1.82, 2.24) is 20.1 Å². The van der Waals surface area contributed by atoms with Gasteiger partial charge in [0.05, 0.1) is 7.11 Å². The van der Waals surface area contributed by atoms with Crippen molar-refractivity contribution in [1.29, 1.82) is 0 Å².